The molecule has 1 N–H and O–H groups in total. The van der Waals surface area contributed by atoms with Crippen LogP contribution in [0.1, 0.15) is 34.1 Å². The normalized spacial score (nSPS) is 20.3. The number of aliphatic hydroxyl groups is 1. The van der Waals surface area contributed by atoms with Gasteiger partial charge in [0.25, 0.3) is 5.91 Å². The second-order valence-electron chi connectivity index (χ2n) is 6.86. The molecule has 5 nitrogen and oxygen atoms in total. The molecule has 2 atom stereocenters. The molecule has 1 saturated heterocycles. The number of likely N-dealkylation sites (tertiary alicyclic amines) is 1. The Morgan fingerprint density at radius 3 is 2.65 bits per heavy atom. The van der Waals surface area contributed by atoms with E-state index in [2.05, 4.69) is 40.3 Å². The molecule has 0 radical (unpaired) electrons. The molecule has 0 saturated carbocycles. The lowest BCUT2D eigenvalue weighted by Gasteiger charge is -2.36. The molecule has 3 aromatic rings. The molecule has 2 aromatic carbocycles. The summed E-state index contributed by atoms with van der Waals surface area (Å²) in [4.78, 5) is 22.5. The summed E-state index contributed by atoms with van der Waals surface area (Å²) in [6.45, 7) is 2.74. The van der Waals surface area contributed by atoms with Gasteiger partial charge >= 0.3 is 0 Å². The number of aliphatic hydroxyl groups excluding tert-OH is 1. The maximum atomic E-state index is 12.6. The molecule has 1 fully saturated rings. The second kappa shape index (κ2) is 6.84. The number of rotatable bonds is 2. The predicted molar refractivity (Wildman–Crippen MR) is 100.0 cm³/mol. The van der Waals surface area contributed by atoms with Crippen LogP contribution in [0.25, 0.3) is 10.8 Å². The molecule has 5 heteroatoms. The number of aromatic nitrogens is 2. The van der Waals surface area contributed by atoms with E-state index in [0.29, 0.717) is 18.8 Å². The third kappa shape index (κ3) is 3.18. The van der Waals surface area contributed by atoms with Crippen LogP contribution in [0.5, 0.6) is 0 Å². The Balaban J connectivity index is 1.50. The Hall–Kier alpha value is -2.79. The van der Waals surface area contributed by atoms with Crippen molar-refractivity contribution < 1.29 is 9.90 Å². The molecule has 0 unspecified atom stereocenters. The van der Waals surface area contributed by atoms with Crippen molar-refractivity contribution in [2.24, 2.45) is 0 Å². The maximum absolute atomic E-state index is 12.6. The standard InChI is InChI=1S/C21H21N3O2/c1-14-11-23-19(12-22-14)21(26)24-9-8-18(20(25)13-24)17-7-6-15-4-2-3-5-16(15)10-17/h2-7,10-12,18,20,25H,8-9,13H2,1H3/t18-,20+/m0/s1. The van der Waals surface area contributed by atoms with Gasteiger partial charge in [-0.15, -0.1) is 0 Å². The summed E-state index contributed by atoms with van der Waals surface area (Å²) in [5, 5.41) is 13.0. The zero-order valence-corrected chi connectivity index (χ0v) is 14.7. The average Bonchev–Trinajstić information content (AvgIpc) is 2.67. The number of nitrogens with zero attached hydrogens (tertiary/aromatic N) is 3. The van der Waals surface area contributed by atoms with Crippen molar-refractivity contribution >= 4 is 16.7 Å². The Labute approximate surface area is 152 Å². The Morgan fingerprint density at radius 1 is 1.12 bits per heavy atom. The quantitative estimate of drug-likeness (QED) is 0.774. The summed E-state index contributed by atoms with van der Waals surface area (Å²) in [6.07, 6.45) is 3.22. The van der Waals surface area contributed by atoms with Crippen molar-refractivity contribution in [1.82, 2.24) is 14.9 Å². The van der Waals surface area contributed by atoms with E-state index >= 15 is 0 Å². The molecule has 132 valence electrons. The summed E-state index contributed by atoms with van der Waals surface area (Å²) in [6, 6.07) is 14.5. The van der Waals surface area contributed by atoms with Crippen LogP contribution in [0.4, 0.5) is 0 Å². The molecule has 1 amide bonds. The molecule has 0 bridgehead atoms. The fraction of sp³-hybridized carbons (Fsp3) is 0.286. The largest absolute Gasteiger partial charge is 0.391 e. The number of fused-ring (bicyclic) bond motifs is 1. The van der Waals surface area contributed by atoms with Crippen molar-refractivity contribution in [3.63, 3.8) is 0 Å². The minimum atomic E-state index is -0.590. The van der Waals surface area contributed by atoms with E-state index in [0.717, 1.165) is 17.7 Å². The van der Waals surface area contributed by atoms with Crippen LogP contribution in [0.3, 0.4) is 0 Å². The highest BCUT2D eigenvalue weighted by Crippen LogP contribution is 2.31. The van der Waals surface area contributed by atoms with Gasteiger partial charge in [-0.05, 0) is 29.7 Å². The number of benzene rings is 2. The third-order valence-electron chi connectivity index (χ3n) is 5.07. The van der Waals surface area contributed by atoms with Crippen molar-refractivity contribution in [2.75, 3.05) is 13.1 Å². The van der Waals surface area contributed by atoms with Crippen LogP contribution < -0.4 is 0 Å². The molecule has 2 heterocycles. The first-order chi connectivity index (χ1) is 12.6. The van der Waals surface area contributed by atoms with Crippen molar-refractivity contribution in [3.05, 3.63) is 71.8 Å². The lowest BCUT2D eigenvalue weighted by atomic mass is 9.86. The zero-order valence-electron chi connectivity index (χ0n) is 14.7. The Bertz CT molecular complexity index is 939. The van der Waals surface area contributed by atoms with Crippen LogP contribution in [0, 0.1) is 6.92 Å². The van der Waals surface area contributed by atoms with E-state index in [1.165, 1.54) is 17.0 Å². The number of carbonyl (C=O) groups is 1. The first-order valence-electron chi connectivity index (χ1n) is 8.86. The SMILES string of the molecule is Cc1cnc(C(=O)N2CC[C@@H](c3ccc4ccccc4c3)[C@H](O)C2)cn1. The van der Waals surface area contributed by atoms with Gasteiger partial charge in [0.2, 0.25) is 0 Å². The molecular weight excluding hydrogens is 326 g/mol. The molecule has 1 aliphatic rings. The zero-order chi connectivity index (χ0) is 18.1. The van der Waals surface area contributed by atoms with Crippen LogP contribution in [-0.4, -0.2) is 45.1 Å². The van der Waals surface area contributed by atoms with Crippen LogP contribution >= 0.6 is 0 Å². The van der Waals surface area contributed by atoms with Gasteiger partial charge in [-0.25, -0.2) is 4.98 Å². The molecule has 0 spiro atoms. The summed E-state index contributed by atoms with van der Waals surface area (Å²) in [7, 11) is 0. The average molecular weight is 347 g/mol. The van der Waals surface area contributed by atoms with Crippen molar-refractivity contribution in [3.8, 4) is 0 Å². The topological polar surface area (TPSA) is 66.3 Å². The molecular formula is C21H21N3O2. The first-order valence-corrected chi connectivity index (χ1v) is 8.86. The highest BCUT2D eigenvalue weighted by molar-refractivity contribution is 5.92. The third-order valence-corrected chi connectivity index (χ3v) is 5.07. The first kappa shape index (κ1) is 16.7. The van der Waals surface area contributed by atoms with Crippen LogP contribution in [-0.2, 0) is 0 Å². The van der Waals surface area contributed by atoms with E-state index in [9.17, 15) is 9.90 Å². The molecule has 1 aliphatic heterocycles. The minimum absolute atomic E-state index is 0.0350. The van der Waals surface area contributed by atoms with Gasteiger partial charge in [-0.2, -0.15) is 0 Å². The molecule has 1 aromatic heterocycles. The number of hydrogen-bond acceptors (Lipinski definition) is 4. The molecule has 0 aliphatic carbocycles. The van der Waals surface area contributed by atoms with Gasteiger partial charge in [0.05, 0.1) is 18.0 Å². The van der Waals surface area contributed by atoms with Gasteiger partial charge in [0.15, 0.2) is 0 Å². The predicted octanol–water partition coefficient (Wildman–Crippen LogP) is 2.93. The maximum Gasteiger partial charge on any atom is 0.274 e. The van der Waals surface area contributed by atoms with E-state index < -0.39 is 6.10 Å². The highest BCUT2D eigenvalue weighted by Gasteiger charge is 2.32. The minimum Gasteiger partial charge on any atom is -0.391 e. The van der Waals surface area contributed by atoms with Crippen LogP contribution in [0.2, 0.25) is 0 Å². The fourth-order valence-corrected chi connectivity index (χ4v) is 3.61. The summed E-state index contributed by atoms with van der Waals surface area (Å²) >= 11 is 0. The lowest BCUT2D eigenvalue weighted by molar-refractivity contribution is 0.0377. The van der Waals surface area contributed by atoms with E-state index in [1.54, 1.807) is 11.1 Å². The summed E-state index contributed by atoms with van der Waals surface area (Å²) in [5.41, 5.74) is 2.22. The summed E-state index contributed by atoms with van der Waals surface area (Å²) in [5.74, 6) is -0.138. The number of hydrogen-bond donors (Lipinski definition) is 1. The monoisotopic (exact) mass is 347 g/mol. The van der Waals surface area contributed by atoms with E-state index in [4.69, 9.17) is 0 Å². The molecule has 26 heavy (non-hydrogen) atoms. The summed E-state index contributed by atoms with van der Waals surface area (Å²) < 4.78 is 0. The van der Waals surface area contributed by atoms with Crippen LogP contribution in [0.15, 0.2) is 54.9 Å². The Kier molecular flexibility index (Phi) is 4.39. The van der Waals surface area contributed by atoms with Gasteiger partial charge in [-0.3, -0.25) is 9.78 Å². The Morgan fingerprint density at radius 2 is 1.92 bits per heavy atom. The smallest absolute Gasteiger partial charge is 0.274 e. The van der Waals surface area contributed by atoms with Crippen molar-refractivity contribution in [2.45, 2.75) is 25.4 Å². The number of aryl methyl sites for hydroxylation is 1. The lowest BCUT2D eigenvalue weighted by Crippen LogP contribution is -2.46. The number of amides is 1. The number of carbonyl (C=O) groups excluding carboxylic acids is 1. The van der Waals surface area contributed by atoms with Gasteiger partial charge in [0, 0.05) is 25.2 Å². The second-order valence-corrected chi connectivity index (χ2v) is 6.86. The van der Waals surface area contributed by atoms with E-state index in [-0.39, 0.29) is 11.8 Å². The fourth-order valence-electron chi connectivity index (χ4n) is 3.61. The number of piperidine rings is 1. The highest BCUT2D eigenvalue weighted by atomic mass is 16.3. The van der Waals surface area contributed by atoms with Gasteiger partial charge < -0.3 is 10.0 Å². The molecule has 4 rings (SSSR count). The van der Waals surface area contributed by atoms with Gasteiger partial charge in [-0.1, -0.05) is 42.5 Å². The van der Waals surface area contributed by atoms with E-state index in [1.807, 2.05) is 19.1 Å². The van der Waals surface area contributed by atoms with Crippen molar-refractivity contribution in [1.29, 1.82) is 0 Å². The van der Waals surface area contributed by atoms with Gasteiger partial charge in [0.1, 0.15) is 5.69 Å². The number of β-amino-alcohol motifs (C(OH)–C–C–N with tert-alkyl or cyclic N) is 1.